The zero-order valence-electron chi connectivity index (χ0n) is 8.79. The van der Waals surface area contributed by atoms with Crippen LogP contribution in [0.2, 0.25) is 0 Å². The maximum absolute atomic E-state index is 3.43. The first-order valence-electron chi connectivity index (χ1n) is 5.46. The standard InChI is InChI=1S/C11H19N3/c1-10(11-4-2-6-13-11)14-8-3-5-12-7-9-14/h2,4,6,10,12-13H,3,5,7-9H2,1H3/t10-/m1/s1. The molecule has 0 spiro atoms. The van der Waals surface area contributed by atoms with Gasteiger partial charge in [0.2, 0.25) is 0 Å². The van der Waals surface area contributed by atoms with Crippen LogP contribution in [0.1, 0.15) is 25.1 Å². The highest BCUT2D eigenvalue weighted by Gasteiger charge is 2.16. The molecule has 1 aromatic rings. The zero-order valence-corrected chi connectivity index (χ0v) is 8.79. The van der Waals surface area contributed by atoms with E-state index in [0.29, 0.717) is 6.04 Å². The summed E-state index contributed by atoms with van der Waals surface area (Å²) in [7, 11) is 0. The summed E-state index contributed by atoms with van der Waals surface area (Å²) in [5.74, 6) is 0. The van der Waals surface area contributed by atoms with E-state index in [4.69, 9.17) is 0 Å². The number of aromatic nitrogens is 1. The van der Waals surface area contributed by atoms with Crippen molar-refractivity contribution < 1.29 is 0 Å². The number of aromatic amines is 1. The molecule has 1 aromatic heterocycles. The Kier molecular flexibility index (Phi) is 3.22. The lowest BCUT2D eigenvalue weighted by Gasteiger charge is -2.26. The highest BCUT2D eigenvalue weighted by molar-refractivity contribution is 5.08. The van der Waals surface area contributed by atoms with Crippen molar-refractivity contribution in [2.45, 2.75) is 19.4 Å². The Morgan fingerprint density at radius 2 is 2.29 bits per heavy atom. The van der Waals surface area contributed by atoms with Crippen molar-refractivity contribution in [3.05, 3.63) is 24.0 Å². The van der Waals surface area contributed by atoms with Gasteiger partial charge in [-0.2, -0.15) is 0 Å². The van der Waals surface area contributed by atoms with Gasteiger partial charge in [-0.3, -0.25) is 4.90 Å². The predicted molar refractivity (Wildman–Crippen MR) is 58.3 cm³/mol. The molecule has 0 aromatic carbocycles. The van der Waals surface area contributed by atoms with Gasteiger partial charge in [-0.05, 0) is 32.0 Å². The summed E-state index contributed by atoms with van der Waals surface area (Å²) >= 11 is 0. The molecule has 3 nitrogen and oxygen atoms in total. The summed E-state index contributed by atoms with van der Waals surface area (Å²) in [6, 6.07) is 4.76. The first-order chi connectivity index (χ1) is 6.88. The molecule has 0 aliphatic carbocycles. The minimum Gasteiger partial charge on any atom is -0.364 e. The second-order valence-electron chi connectivity index (χ2n) is 3.94. The number of nitrogens with zero attached hydrogens (tertiary/aromatic N) is 1. The van der Waals surface area contributed by atoms with E-state index in [-0.39, 0.29) is 0 Å². The lowest BCUT2D eigenvalue weighted by atomic mass is 10.2. The molecule has 0 radical (unpaired) electrons. The summed E-state index contributed by atoms with van der Waals surface area (Å²) in [4.78, 5) is 5.83. The molecule has 0 amide bonds. The van der Waals surface area contributed by atoms with Crippen molar-refractivity contribution in [1.82, 2.24) is 15.2 Å². The summed E-state index contributed by atoms with van der Waals surface area (Å²) in [5.41, 5.74) is 1.33. The summed E-state index contributed by atoms with van der Waals surface area (Å²) in [6.07, 6.45) is 3.26. The lowest BCUT2D eigenvalue weighted by Crippen LogP contribution is -2.30. The molecule has 14 heavy (non-hydrogen) atoms. The monoisotopic (exact) mass is 193 g/mol. The first-order valence-corrected chi connectivity index (χ1v) is 5.46. The van der Waals surface area contributed by atoms with E-state index in [9.17, 15) is 0 Å². The van der Waals surface area contributed by atoms with Crippen LogP contribution < -0.4 is 5.32 Å². The van der Waals surface area contributed by atoms with E-state index >= 15 is 0 Å². The fraction of sp³-hybridized carbons (Fsp3) is 0.636. The molecule has 0 saturated carbocycles. The molecule has 2 heterocycles. The topological polar surface area (TPSA) is 31.1 Å². The van der Waals surface area contributed by atoms with Gasteiger partial charge in [-0.15, -0.1) is 0 Å². The van der Waals surface area contributed by atoms with Crippen LogP contribution in [0, 0.1) is 0 Å². The predicted octanol–water partition coefficient (Wildman–Crippen LogP) is 1.37. The van der Waals surface area contributed by atoms with Crippen molar-refractivity contribution in [3.8, 4) is 0 Å². The van der Waals surface area contributed by atoms with E-state index in [2.05, 4.69) is 34.3 Å². The van der Waals surface area contributed by atoms with E-state index in [0.717, 1.165) is 19.6 Å². The van der Waals surface area contributed by atoms with Crippen LogP contribution in [-0.4, -0.2) is 36.1 Å². The van der Waals surface area contributed by atoms with Crippen LogP contribution >= 0.6 is 0 Å². The number of rotatable bonds is 2. The third-order valence-electron chi connectivity index (χ3n) is 2.99. The largest absolute Gasteiger partial charge is 0.364 e. The fourth-order valence-electron chi connectivity index (χ4n) is 2.05. The Hall–Kier alpha value is -0.800. The smallest absolute Gasteiger partial charge is 0.0470 e. The van der Waals surface area contributed by atoms with Gasteiger partial charge in [0.15, 0.2) is 0 Å². The molecule has 3 heteroatoms. The molecule has 0 bridgehead atoms. The van der Waals surface area contributed by atoms with Crippen molar-refractivity contribution in [2.75, 3.05) is 26.2 Å². The molecular weight excluding hydrogens is 174 g/mol. The Morgan fingerprint density at radius 3 is 3.07 bits per heavy atom. The van der Waals surface area contributed by atoms with Gasteiger partial charge in [0.25, 0.3) is 0 Å². The zero-order chi connectivity index (χ0) is 9.80. The third-order valence-corrected chi connectivity index (χ3v) is 2.99. The summed E-state index contributed by atoms with van der Waals surface area (Å²) < 4.78 is 0. The molecule has 2 N–H and O–H groups in total. The van der Waals surface area contributed by atoms with Gasteiger partial charge in [-0.25, -0.2) is 0 Å². The van der Waals surface area contributed by atoms with Crippen LogP contribution in [-0.2, 0) is 0 Å². The first kappa shape index (κ1) is 9.74. The maximum atomic E-state index is 3.43. The molecule has 0 unspecified atom stereocenters. The average Bonchev–Trinajstić information content (AvgIpc) is 2.59. The fourth-order valence-corrected chi connectivity index (χ4v) is 2.05. The Labute approximate surface area is 85.5 Å². The molecular formula is C11H19N3. The van der Waals surface area contributed by atoms with Crippen LogP contribution in [0.4, 0.5) is 0 Å². The van der Waals surface area contributed by atoms with E-state index in [1.54, 1.807) is 0 Å². The van der Waals surface area contributed by atoms with Gasteiger partial charge < -0.3 is 10.3 Å². The van der Waals surface area contributed by atoms with Crippen molar-refractivity contribution >= 4 is 0 Å². The molecule has 1 aliphatic rings. The van der Waals surface area contributed by atoms with Crippen LogP contribution in [0.15, 0.2) is 18.3 Å². The van der Waals surface area contributed by atoms with E-state index in [1.807, 2.05) is 6.20 Å². The van der Waals surface area contributed by atoms with Crippen LogP contribution in [0.5, 0.6) is 0 Å². The average molecular weight is 193 g/mol. The van der Waals surface area contributed by atoms with E-state index < -0.39 is 0 Å². The van der Waals surface area contributed by atoms with Gasteiger partial charge in [0.1, 0.15) is 0 Å². The van der Waals surface area contributed by atoms with Crippen LogP contribution in [0.25, 0.3) is 0 Å². The second kappa shape index (κ2) is 4.62. The van der Waals surface area contributed by atoms with Crippen molar-refractivity contribution in [1.29, 1.82) is 0 Å². The quantitative estimate of drug-likeness (QED) is 0.743. The highest BCUT2D eigenvalue weighted by Crippen LogP contribution is 2.18. The normalized spacial score (nSPS) is 21.8. The third kappa shape index (κ3) is 2.16. The lowest BCUT2D eigenvalue weighted by molar-refractivity contribution is 0.222. The molecule has 1 fully saturated rings. The molecule has 2 rings (SSSR count). The summed E-state index contributed by atoms with van der Waals surface area (Å²) in [6.45, 7) is 6.91. The maximum Gasteiger partial charge on any atom is 0.0470 e. The second-order valence-corrected chi connectivity index (χ2v) is 3.94. The van der Waals surface area contributed by atoms with Crippen LogP contribution in [0.3, 0.4) is 0 Å². The SMILES string of the molecule is C[C@H](c1ccc[nH]1)N1CCCNCC1. The Bertz CT molecular complexity index is 248. The van der Waals surface area contributed by atoms with Gasteiger partial charge in [0, 0.05) is 37.6 Å². The Morgan fingerprint density at radius 1 is 1.36 bits per heavy atom. The minimum absolute atomic E-state index is 0.518. The Balaban J connectivity index is 1.99. The van der Waals surface area contributed by atoms with Gasteiger partial charge >= 0.3 is 0 Å². The van der Waals surface area contributed by atoms with Gasteiger partial charge in [0.05, 0.1) is 0 Å². The van der Waals surface area contributed by atoms with Gasteiger partial charge in [-0.1, -0.05) is 0 Å². The molecule has 78 valence electrons. The molecule has 1 aliphatic heterocycles. The number of hydrogen-bond acceptors (Lipinski definition) is 2. The number of H-pyrrole nitrogens is 1. The number of hydrogen-bond donors (Lipinski definition) is 2. The van der Waals surface area contributed by atoms with E-state index in [1.165, 1.54) is 18.7 Å². The number of nitrogens with one attached hydrogen (secondary N) is 2. The van der Waals surface area contributed by atoms with Crippen molar-refractivity contribution in [3.63, 3.8) is 0 Å². The highest BCUT2D eigenvalue weighted by atomic mass is 15.2. The molecule has 1 saturated heterocycles. The van der Waals surface area contributed by atoms with Crippen molar-refractivity contribution in [2.24, 2.45) is 0 Å². The molecule has 1 atom stereocenters. The summed E-state index contributed by atoms with van der Waals surface area (Å²) in [5, 5.41) is 3.43. The minimum atomic E-state index is 0.518.